The third kappa shape index (κ3) is 3.61. The van der Waals surface area contributed by atoms with E-state index in [4.69, 9.17) is 19.5 Å². The van der Waals surface area contributed by atoms with Gasteiger partial charge >= 0.3 is 5.97 Å². The molecule has 0 bridgehead atoms. The number of nitrogens with zero attached hydrogens (tertiary/aromatic N) is 4. The molecule has 9 heteroatoms. The summed E-state index contributed by atoms with van der Waals surface area (Å²) in [7, 11) is 2.77. The second-order valence-electron chi connectivity index (χ2n) is 5.39. The number of ether oxygens (including phenoxy) is 3. The van der Waals surface area contributed by atoms with Crippen molar-refractivity contribution in [2.24, 2.45) is 0 Å². The topological polar surface area (TPSA) is 98.7 Å². The molecular weight excluding hydrogens is 368 g/mol. The number of nitriles is 1. The van der Waals surface area contributed by atoms with Crippen LogP contribution < -0.4 is 4.74 Å². The van der Waals surface area contributed by atoms with Crippen LogP contribution in [-0.4, -0.2) is 34.8 Å². The van der Waals surface area contributed by atoms with Gasteiger partial charge in [-0.3, -0.25) is 0 Å². The number of thiazole rings is 1. The van der Waals surface area contributed by atoms with Crippen molar-refractivity contribution < 1.29 is 19.0 Å². The van der Waals surface area contributed by atoms with E-state index in [1.807, 2.05) is 6.92 Å². The SMILES string of the molecule is COC=C(C(=O)OC)c1sc2nc(COc3ccccc3C#N)nn2c1C. The predicted molar refractivity (Wildman–Crippen MR) is 98.1 cm³/mol. The number of hydrogen-bond donors (Lipinski definition) is 0. The van der Waals surface area contributed by atoms with Gasteiger partial charge < -0.3 is 14.2 Å². The van der Waals surface area contributed by atoms with Gasteiger partial charge in [0.2, 0.25) is 4.96 Å². The summed E-state index contributed by atoms with van der Waals surface area (Å²) in [6, 6.07) is 9.05. The summed E-state index contributed by atoms with van der Waals surface area (Å²) in [6.45, 7) is 1.95. The van der Waals surface area contributed by atoms with Gasteiger partial charge in [0.25, 0.3) is 0 Å². The Morgan fingerprint density at radius 1 is 1.37 bits per heavy atom. The molecule has 2 heterocycles. The Labute approximate surface area is 159 Å². The summed E-state index contributed by atoms with van der Waals surface area (Å²) >= 11 is 1.30. The zero-order chi connectivity index (χ0) is 19.4. The van der Waals surface area contributed by atoms with Gasteiger partial charge in [-0.2, -0.15) is 10.2 Å². The molecule has 0 atom stereocenters. The largest absolute Gasteiger partial charge is 0.503 e. The Balaban J connectivity index is 1.86. The standard InChI is InChI=1S/C18H16N4O4S/c1-11-16(13(9-24-2)17(23)25-3)27-18-20-15(21-22(11)18)10-26-14-7-5-4-6-12(14)8-19/h4-7,9H,10H2,1-3H3. The van der Waals surface area contributed by atoms with Crippen molar-refractivity contribution >= 4 is 27.8 Å². The van der Waals surface area contributed by atoms with Crippen LogP contribution in [0.5, 0.6) is 5.75 Å². The molecule has 0 aliphatic rings. The minimum atomic E-state index is -0.499. The molecule has 2 aromatic heterocycles. The minimum absolute atomic E-state index is 0.125. The number of aromatic nitrogens is 3. The van der Waals surface area contributed by atoms with Crippen molar-refractivity contribution in [3.05, 3.63) is 52.5 Å². The lowest BCUT2D eigenvalue weighted by Gasteiger charge is -2.05. The lowest BCUT2D eigenvalue weighted by molar-refractivity contribution is -0.133. The van der Waals surface area contributed by atoms with E-state index in [0.29, 0.717) is 32.5 Å². The van der Waals surface area contributed by atoms with Gasteiger partial charge in [-0.15, -0.1) is 5.10 Å². The lowest BCUT2D eigenvalue weighted by atomic mass is 10.2. The molecule has 0 saturated heterocycles. The molecule has 0 spiro atoms. The third-order valence-electron chi connectivity index (χ3n) is 3.71. The Hall–Kier alpha value is -3.38. The summed E-state index contributed by atoms with van der Waals surface area (Å²) in [5.41, 5.74) is 1.49. The number of benzene rings is 1. The Bertz CT molecular complexity index is 1060. The van der Waals surface area contributed by atoms with Gasteiger partial charge in [-0.1, -0.05) is 23.5 Å². The summed E-state index contributed by atoms with van der Waals surface area (Å²) in [5, 5.41) is 13.5. The van der Waals surface area contributed by atoms with E-state index in [2.05, 4.69) is 16.2 Å². The van der Waals surface area contributed by atoms with Crippen LogP contribution in [0.15, 0.2) is 30.5 Å². The highest BCUT2D eigenvalue weighted by atomic mass is 32.1. The molecule has 3 rings (SSSR count). The fourth-order valence-electron chi connectivity index (χ4n) is 2.44. The Morgan fingerprint density at radius 2 is 2.15 bits per heavy atom. The molecule has 27 heavy (non-hydrogen) atoms. The van der Waals surface area contributed by atoms with Crippen molar-refractivity contribution in [2.45, 2.75) is 13.5 Å². The first-order chi connectivity index (χ1) is 13.1. The summed E-state index contributed by atoms with van der Waals surface area (Å²) in [5.74, 6) is 0.451. The molecule has 0 aliphatic carbocycles. The summed E-state index contributed by atoms with van der Waals surface area (Å²) < 4.78 is 17.1. The molecular formula is C18H16N4O4S. The van der Waals surface area contributed by atoms with E-state index in [-0.39, 0.29) is 6.61 Å². The van der Waals surface area contributed by atoms with Crippen molar-refractivity contribution in [3.8, 4) is 11.8 Å². The Kier molecular flexibility index (Phi) is 5.38. The van der Waals surface area contributed by atoms with Crippen molar-refractivity contribution in [2.75, 3.05) is 14.2 Å². The predicted octanol–water partition coefficient (Wildman–Crippen LogP) is 2.71. The van der Waals surface area contributed by atoms with E-state index < -0.39 is 5.97 Å². The highest BCUT2D eigenvalue weighted by Gasteiger charge is 2.22. The van der Waals surface area contributed by atoms with E-state index in [9.17, 15) is 4.79 Å². The maximum absolute atomic E-state index is 12.0. The number of carbonyl (C=O) groups is 1. The number of methoxy groups -OCH3 is 2. The number of para-hydroxylation sites is 1. The smallest absolute Gasteiger partial charge is 0.342 e. The number of esters is 1. The van der Waals surface area contributed by atoms with Gasteiger partial charge in [0, 0.05) is 0 Å². The van der Waals surface area contributed by atoms with Gasteiger partial charge in [-0.25, -0.2) is 9.31 Å². The first-order valence-corrected chi connectivity index (χ1v) is 8.69. The molecule has 3 aromatic rings. The highest BCUT2D eigenvalue weighted by Crippen LogP contribution is 2.29. The monoisotopic (exact) mass is 384 g/mol. The number of aryl methyl sites for hydroxylation is 1. The maximum atomic E-state index is 12.0. The summed E-state index contributed by atoms with van der Waals surface area (Å²) in [6.07, 6.45) is 1.34. The van der Waals surface area contributed by atoms with Gasteiger partial charge in [0.1, 0.15) is 24.0 Å². The molecule has 0 radical (unpaired) electrons. The summed E-state index contributed by atoms with van der Waals surface area (Å²) in [4.78, 5) is 17.7. The molecule has 0 aliphatic heterocycles. The Morgan fingerprint density at radius 3 is 2.81 bits per heavy atom. The molecule has 0 fully saturated rings. The van der Waals surface area contributed by atoms with Crippen LogP contribution in [0.1, 0.15) is 22.0 Å². The quantitative estimate of drug-likeness (QED) is 0.366. The second kappa shape index (κ2) is 7.88. The minimum Gasteiger partial charge on any atom is -0.503 e. The van der Waals surface area contributed by atoms with Crippen LogP contribution in [0.4, 0.5) is 0 Å². The zero-order valence-electron chi connectivity index (χ0n) is 14.9. The number of fused-ring (bicyclic) bond motifs is 1. The van der Waals surface area contributed by atoms with Crippen molar-refractivity contribution in [1.29, 1.82) is 5.26 Å². The average Bonchev–Trinajstić information content (AvgIpc) is 3.23. The van der Waals surface area contributed by atoms with Crippen LogP contribution in [0.3, 0.4) is 0 Å². The van der Waals surface area contributed by atoms with Crippen LogP contribution in [0.2, 0.25) is 0 Å². The fraction of sp³-hybridized carbons (Fsp3) is 0.222. The van der Waals surface area contributed by atoms with E-state index in [1.165, 1.54) is 31.8 Å². The van der Waals surface area contributed by atoms with Gasteiger partial charge in [0.05, 0.1) is 36.6 Å². The zero-order valence-corrected chi connectivity index (χ0v) is 15.7. The van der Waals surface area contributed by atoms with E-state index in [0.717, 1.165) is 5.69 Å². The molecule has 8 nitrogen and oxygen atoms in total. The van der Waals surface area contributed by atoms with Crippen molar-refractivity contribution in [1.82, 2.24) is 14.6 Å². The number of carbonyl (C=O) groups excluding carboxylic acids is 1. The molecule has 0 amide bonds. The van der Waals surface area contributed by atoms with Crippen molar-refractivity contribution in [3.63, 3.8) is 0 Å². The van der Waals surface area contributed by atoms with Crippen LogP contribution in [0, 0.1) is 18.3 Å². The molecule has 0 N–H and O–H groups in total. The second-order valence-corrected chi connectivity index (χ2v) is 6.37. The van der Waals surface area contributed by atoms with Gasteiger partial charge in [0.15, 0.2) is 5.82 Å². The third-order valence-corrected chi connectivity index (χ3v) is 4.88. The lowest BCUT2D eigenvalue weighted by Crippen LogP contribution is -2.05. The maximum Gasteiger partial charge on any atom is 0.342 e. The number of hydrogen-bond acceptors (Lipinski definition) is 8. The van der Waals surface area contributed by atoms with Crippen LogP contribution in [0.25, 0.3) is 10.5 Å². The first kappa shape index (κ1) is 18.4. The normalized spacial score (nSPS) is 11.3. The molecule has 1 aromatic carbocycles. The van der Waals surface area contributed by atoms with Crippen LogP contribution >= 0.6 is 11.3 Å². The van der Waals surface area contributed by atoms with E-state index in [1.54, 1.807) is 28.8 Å². The van der Waals surface area contributed by atoms with E-state index >= 15 is 0 Å². The van der Waals surface area contributed by atoms with Gasteiger partial charge in [-0.05, 0) is 19.1 Å². The molecule has 138 valence electrons. The van der Waals surface area contributed by atoms with Crippen LogP contribution in [-0.2, 0) is 20.9 Å². The highest BCUT2D eigenvalue weighted by molar-refractivity contribution is 7.18. The number of rotatable bonds is 6. The fourth-order valence-corrected chi connectivity index (χ4v) is 3.52. The first-order valence-electron chi connectivity index (χ1n) is 7.87. The molecule has 0 unspecified atom stereocenters. The molecule has 0 saturated carbocycles. The average molecular weight is 384 g/mol.